The molecule has 1 fully saturated rings. The van der Waals surface area contributed by atoms with Gasteiger partial charge in [0.25, 0.3) is 0 Å². The smallest absolute Gasteiger partial charge is 0.493 e. The lowest BCUT2D eigenvalue weighted by Crippen LogP contribution is -2.36. The molecule has 0 atom stereocenters. The lowest BCUT2D eigenvalue weighted by Gasteiger charge is -2.30. The van der Waals surface area contributed by atoms with Crippen molar-refractivity contribution in [1.82, 2.24) is 4.98 Å². The molecule has 0 aliphatic carbocycles. The molecule has 5 aromatic rings. The van der Waals surface area contributed by atoms with E-state index in [2.05, 4.69) is 9.88 Å². The van der Waals surface area contributed by atoms with Crippen molar-refractivity contribution in [2.75, 3.05) is 37.8 Å². The number of nitrogens with one attached hydrogen (secondary N) is 1. The van der Waals surface area contributed by atoms with Gasteiger partial charge in [-0.1, -0.05) is 60.7 Å². The van der Waals surface area contributed by atoms with Crippen LogP contribution in [0.15, 0.2) is 78.9 Å². The normalized spacial score (nSPS) is 13.9. The average Bonchev–Trinajstić information content (AvgIpc) is 3.35. The molecule has 222 valence electrons. The van der Waals surface area contributed by atoms with Crippen LogP contribution >= 0.6 is 0 Å². The van der Waals surface area contributed by atoms with Gasteiger partial charge in [0.05, 0.1) is 30.9 Å². The van der Waals surface area contributed by atoms with Crippen molar-refractivity contribution in [2.24, 2.45) is 0 Å². The summed E-state index contributed by atoms with van der Waals surface area (Å²) >= 11 is 0. The van der Waals surface area contributed by atoms with E-state index in [1.54, 1.807) is 0 Å². The van der Waals surface area contributed by atoms with Crippen LogP contribution in [0.1, 0.15) is 17.5 Å². The van der Waals surface area contributed by atoms with Crippen LogP contribution in [0.3, 0.4) is 0 Å². The molecule has 6 rings (SSSR count). The summed E-state index contributed by atoms with van der Waals surface area (Å²) in [7, 11) is 0. The fourth-order valence-electron chi connectivity index (χ4n) is 5.76. The second kappa shape index (κ2) is 11.9. The minimum atomic E-state index is -4.68. The fourth-order valence-corrected chi connectivity index (χ4v) is 5.76. The first-order valence-corrected chi connectivity index (χ1v) is 14.0. The standard InChI is InChI=1S/C33H29F3N2O5/c34-33(35,36)26-15-14-24(23-10-3-4-12-27(23)38-16-19-41-20-17-38)30-29(26)25(31(37-30)43-32(39)40)11-6-18-42-28-13-5-8-21-7-1-2-9-22(21)28/h1-5,7-10,12-15,37H,6,11,16-20H2,(H,39,40). The predicted octanol–water partition coefficient (Wildman–Crippen LogP) is 7.91. The average molecular weight is 591 g/mol. The van der Waals surface area contributed by atoms with E-state index in [0.29, 0.717) is 44.0 Å². The number of carbonyl (C=O) groups is 1. The number of aromatic nitrogens is 1. The number of halogens is 3. The molecule has 2 N–H and O–H groups in total. The topological polar surface area (TPSA) is 84.0 Å². The number of ether oxygens (including phenoxy) is 3. The molecule has 2 heterocycles. The third-order valence-corrected chi connectivity index (χ3v) is 7.64. The van der Waals surface area contributed by atoms with Crippen molar-refractivity contribution in [1.29, 1.82) is 0 Å². The zero-order chi connectivity index (χ0) is 30.0. The summed E-state index contributed by atoms with van der Waals surface area (Å²) in [5, 5.41) is 11.3. The number of alkyl halides is 3. The van der Waals surface area contributed by atoms with Crippen molar-refractivity contribution in [3.8, 4) is 22.8 Å². The number of aromatic amines is 1. The summed E-state index contributed by atoms with van der Waals surface area (Å²) in [4.78, 5) is 16.7. The lowest BCUT2D eigenvalue weighted by molar-refractivity contribution is -0.136. The van der Waals surface area contributed by atoms with Gasteiger partial charge in [-0.25, -0.2) is 4.79 Å². The SMILES string of the molecule is O=C(O)Oc1[nH]c2c(-c3ccccc3N3CCOCC3)ccc(C(F)(F)F)c2c1CCCOc1cccc2ccccc12. The number of carboxylic acid groups (broad SMARTS) is 1. The highest BCUT2D eigenvalue weighted by Gasteiger charge is 2.36. The van der Waals surface area contributed by atoms with E-state index in [-0.39, 0.29) is 35.4 Å². The van der Waals surface area contributed by atoms with Crippen LogP contribution in [0.25, 0.3) is 32.8 Å². The first-order chi connectivity index (χ1) is 20.8. The molecule has 7 nitrogen and oxygen atoms in total. The monoisotopic (exact) mass is 590 g/mol. The van der Waals surface area contributed by atoms with Crippen molar-refractivity contribution in [3.05, 3.63) is 90.0 Å². The van der Waals surface area contributed by atoms with Crippen LogP contribution in [0, 0.1) is 0 Å². The van der Waals surface area contributed by atoms with Crippen LogP contribution in [-0.2, 0) is 17.3 Å². The van der Waals surface area contributed by atoms with E-state index < -0.39 is 17.9 Å². The van der Waals surface area contributed by atoms with Crippen LogP contribution in [0.5, 0.6) is 11.6 Å². The second-order valence-electron chi connectivity index (χ2n) is 10.3. The molecule has 0 unspecified atom stereocenters. The number of nitrogens with zero attached hydrogens (tertiary/aromatic N) is 1. The number of hydrogen-bond acceptors (Lipinski definition) is 5. The van der Waals surface area contributed by atoms with E-state index >= 15 is 0 Å². The van der Waals surface area contributed by atoms with Gasteiger partial charge in [0, 0.05) is 46.2 Å². The molecule has 10 heteroatoms. The lowest BCUT2D eigenvalue weighted by atomic mass is 9.95. The van der Waals surface area contributed by atoms with Gasteiger partial charge in [-0.15, -0.1) is 0 Å². The first-order valence-electron chi connectivity index (χ1n) is 14.0. The molecule has 1 aliphatic heterocycles. The fraction of sp³-hybridized carbons (Fsp3) is 0.242. The van der Waals surface area contributed by atoms with Gasteiger partial charge < -0.3 is 29.2 Å². The Morgan fingerprint density at radius 1 is 0.930 bits per heavy atom. The summed E-state index contributed by atoms with van der Waals surface area (Å²) in [6.07, 6.45) is -5.90. The van der Waals surface area contributed by atoms with E-state index in [4.69, 9.17) is 14.2 Å². The second-order valence-corrected chi connectivity index (χ2v) is 10.3. The number of rotatable bonds is 8. The molecule has 4 aromatic carbocycles. The number of H-pyrrole nitrogens is 1. The third kappa shape index (κ3) is 5.83. The van der Waals surface area contributed by atoms with Crippen LogP contribution in [0.2, 0.25) is 0 Å². The van der Waals surface area contributed by atoms with Gasteiger partial charge in [0.1, 0.15) is 5.75 Å². The molecule has 1 saturated heterocycles. The zero-order valence-electron chi connectivity index (χ0n) is 23.1. The summed E-state index contributed by atoms with van der Waals surface area (Å²) in [6.45, 7) is 2.57. The number of anilines is 1. The van der Waals surface area contributed by atoms with Gasteiger partial charge in [0.15, 0.2) is 0 Å². The van der Waals surface area contributed by atoms with Crippen molar-refractivity contribution < 1.29 is 37.3 Å². The summed E-state index contributed by atoms with van der Waals surface area (Å²) < 4.78 is 59.8. The third-order valence-electron chi connectivity index (χ3n) is 7.64. The Kier molecular flexibility index (Phi) is 7.86. The minimum absolute atomic E-state index is 0.0883. The maximum atomic E-state index is 14.4. The molecule has 0 bridgehead atoms. The van der Waals surface area contributed by atoms with Gasteiger partial charge in [-0.3, -0.25) is 0 Å². The van der Waals surface area contributed by atoms with Crippen LogP contribution in [-0.4, -0.2) is 49.2 Å². The Labute approximate surface area is 245 Å². The van der Waals surface area contributed by atoms with E-state index in [1.165, 1.54) is 6.07 Å². The highest BCUT2D eigenvalue weighted by molar-refractivity contribution is 6.02. The number of aryl methyl sites for hydroxylation is 1. The van der Waals surface area contributed by atoms with Crippen LogP contribution in [0.4, 0.5) is 23.7 Å². The Bertz CT molecular complexity index is 1770. The van der Waals surface area contributed by atoms with Crippen molar-refractivity contribution in [2.45, 2.75) is 19.0 Å². The Hall–Kier alpha value is -4.70. The zero-order valence-corrected chi connectivity index (χ0v) is 23.1. The molecular weight excluding hydrogens is 561 g/mol. The van der Waals surface area contributed by atoms with Crippen molar-refractivity contribution >= 4 is 33.5 Å². The maximum absolute atomic E-state index is 14.4. The molecule has 0 saturated carbocycles. The van der Waals surface area contributed by atoms with E-state index in [0.717, 1.165) is 28.1 Å². The van der Waals surface area contributed by atoms with E-state index in [9.17, 15) is 23.1 Å². The Morgan fingerprint density at radius 3 is 2.47 bits per heavy atom. The summed E-state index contributed by atoms with van der Waals surface area (Å²) in [5.74, 6) is 0.437. The molecule has 0 amide bonds. The number of benzene rings is 4. The molecule has 1 aliphatic rings. The summed E-state index contributed by atoms with van der Waals surface area (Å²) in [6, 6.07) is 23.4. The predicted molar refractivity (Wildman–Crippen MR) is 158 cm³/mol. The molecule has 0 spiro atoms. The van der Waals surface area contributed by atoms with Crippen molar-refractivity contribution in [3.63, 3.8) is 0 Å². The highest BCUT2D eigenvalue weighted by Crippen LogP contribution is 2.45. The largest absolute Gasteiger partial charge is 0.512 e. The summed E-state index contributed by atoms with van der Waals surface area (Å²) in [5.41, 5.74) is 1.52. The van der Waals surface area contributed by atoms with Gasteiger partial charge in [-0.05, 0) is 36.4 Å². The number of para-hydroxylation sites is 1. The Morgan fingerprint density at radius 2 is 1.67 bits per heavy atom. The number of fused-ring (bicyclic) bond motifs is 2. The minimum Gasteiger partial charge on any atom is -0.493 e. The van der Waals surface area contributed by atoms with Gasteiger partial charge in [0.2, 0.25) is 5.88 Å². The molecule has 0 radical (unpaired) electrons. The van der Waals surface area contributed by atoms with Crippen LogP contribution < -0.4 is 14.4 Å². The first kappa shape index (κ1) is 28.4. The van der Waals surface area contributed by atoms with Gasteiger partial charge in [-0.2, -0.15) is 13.2 Å². The molecule has 1 aromatic heterocycles. The number of morpholine rings is 1. The maximum Gasteiger partial charge on any atom is 0.512 e. The molecular formula is C33H29F3N2O5. The highest BCUT2D eigenvalue weighted by atomic mass is 19.4. The van der Waals surface area contributed by atoms with Gasteiger partial charge >= 0.3 is 12.3 Å². The molecule has 43 heavy (non-hydrogen) atoms. The Balaban J connectivity index is 1.40. The quantitative estimate of drug-likeness (QED) is 0.141. The van der Waals surface area contributed by atoms with E-state index in [1.807, 2.05) is 66.7 Å². The number of hydrogen-bond donors (Lipinski definition) is 2.